The molecule has 0 radical (unpaired) electrons. The molecule has 0 heterocycles. The summed E-state index contributed by atoms with van der Waals surface area (Å²) in [6.07, 6.45) is 91.3. The number of allylic oxidation sites excluding steroid dienone is 15. The van der Waals surface area contributed by atoms with Gasteiger partial charge in [0.25, 0.3) is 0 Å². The van der Waals surface area contributed by atoms with Crippen molar-refractivity contribution in [2.75, 3.05) is 40.9 Å². The van der Waals surface area contributed by atoms with Gasteiger partial charge in [-0.05, 0) is 115 Å². The number of esters is 1. The molecule has 0 aromatic rings. The first-order valence-electron chi connectivity index (χ1n) is 37.1. The molecule has 0 aliphatic heterocycles. The monoisotopic (exact) mass is 1250 g/mol. The second-order valence-electron chi connectivity index (χ2n) is 26.1. The maximum Gasteiger partial charge on any atom is 0.472 e. The Morgan fingerprint density at radius 2 is 0.693 bits per heavy atom. The number of hydrogen-bond acceptors (Lipinski definition) is 6. The van der Waals surface area contributed by atoms with Crippen LogP contribution in [0.1, 0.15) is 335 Å². The molecule has 0 aliphatic carbocycles. The number of nitrogens with zero attached hydrogens (tertiary/aromatic N) is 1. The fourth-order valence-electron chi connectivity index (χ4n) is 10.5. The lowest BCUT2D eigenvalue weighted by Gasteiger charge is -2.27. The Hall–Kier alpha value is -3.07. The minimum atomic E-state index is -4.46. The third-order valence-corrected chi connectivity index (χ3v) is 17.2. The van der Waals surface area contributed by atoms with Crippen molar-refractivity contribution in [2.45, 2.75) is 348 Å². The molecule has 0 saturated heterocycles. The van der Waals surface area contributed by atoms with E-state index < -0.39 is 20.0 Å². The Labute approximate surface area is 545 Å². The lowest BCUT2D eigenvalue weighted by Crippen LogP contribution is -2.47. The van der Waals surface area contributed by atoms with Gasteiger partial charge in [-0.3, -0.25) is 18.6 Å². The Balaban J connectivity index is 5.04. The number of amides is 1. The van der Waals surface area contributed by atoms with E-state index in [1.165, 1.54) is 199 Å². The summed E-state index contributed by atoms with van der Waals surface area (Å²) in [7, 11) is 1.49. The highest BCUT2D eigenvalue weighted by molar-refractivity contribution is 7.47. The van der Waals surface area contributed by atoms with E-state index in [1.807, 2.05) is 33.3 Å². The van der Waals surface area contributed by atoms with E-state index in [0.717, 1.165) is 103 Å². The molecule has 510 valence electrons. The smallest absolute Gasteiger partial charge is 0.456 e. The number of rotatable bonds is 67. The van der Waals surface area contributed by atoms with Gasteiger partial charge in [-0.1, -0.05) is 305 Å². The maximum atomic E-state index is 13.6. The first kappa shape index (κ1) is 84.9. The van der Waals surface area contributed by atoms with E-state index in [2.05, 4.69) is 111 Å². The first-order chi connectivity index (χ1) is 42.9. The van der Waals surface area contributed by atoms with Crippen molar-refractivity contribution in [2.24, 2.45) is 0 Å². The van der Waals surface area contributed by atoms with Crippen LogP contribution in [0.15, 0.2) is 97.2 Å². The van der Waals surface area contributed by atoms with Crippen LogP contribution in [0, 0.1) is 0 Å². The summed E-state index contributed by atoms with van der Waals surface area (Å²) < 4.78 is 30.9. The highest BCUT2D eigenvalue weighted by Gasteiger charge is 2.30. The largest absolute Gasteiger partial charge is 0.472 e. The predicted octanol–water partition coefficient (Wildman–Crippen LogP) is 23.8. The number of carbonyl (C=O) groups is 2. The molecule has 0 aromatic carbocycles. The van der Waals surface area contributed by atoms with E-state index in [9.17, 15) is 19.0 Å². The topological polar surface area (TPSA) is 111 Å². The number of phosphoric ester groups is 1. The van der Waals surface area contributed by atoms with Crippen LogP contribution in [0.5, 0.6) is 0 Å². The van der Waals surface area contributed by atoms with E-state index >= 15 is 0 Å². The molecule has 9 nitrogen and oxygen atoms in total. The number of unbranched alkanes of at least 4 members (excludes halogenated alkanes) is 37. The fraction of sp³-hybridized carbons (Fsp3) is 0.769. The molecule has 0 aromatic heterocycles. The number of nitrogens with one attached hydrogen (secondary N) is 1. The second kappa shape index (κ2) is 66.8. The summed E-state index contributed by atoms with van der Waals surface area (Å²) in [6.45, 7) is 6.98. The maximum absolute atomic E-state index is 13.6. The Kier molecular flexibility index (Phi) is 64.5. The number of ether oxygens (including phenoxy) is 1. The van der Waals surface area contributed by atoms with Crippen LogP contribution < -0.4 is 5.32 Å². The molecule has 0 bridgehead atoms. The third-order valence-electron chi connectivity index (χ3n) is 16.2. The minimum absolute atomic E-state index is 0.0351. The van der Waals surface area contributed by atoms with Crippen molar-refractivity contribution in [3.8, 4) is 0 Å². The number of carbonyl (C=O) groups excluding carboxylic acids is 2. The summed E-state index contributed by atoms with van der Waals surface area (Å²) in [5, 5.41) is 3.07. The minimum Gasteiger partial charge on any atom is -0.456 e. The third kappa shape index (κ3) is 67.3. The molecular formula is C78H142N2O7P+. The molecule has 0 rings (SSSR count). The van der Waals surface area contributed by atoms with Crippen LogP contribution in [-0.4, -0.2) is 74.3 Å². The summed E-state index contributed by atoms with van der Waals surface area (Å²) in [4.78, 5) is 38.0. The lowest BCUT2D eigenvalue weighted by molar-refractivity contribution is -0.870. The van der Waals surface area contributed by atoms with Gasteiger partial charge in [-0.25, -0.2) is 4.57 Å². The average molecular weight is 1250 g/mol. The summed E-state index contributed by atoms with van der Waals surface area (Å²) in [6, 6.07) is -0.859. The quantitative estimate of drug-likeness (QED) is 0.0205. The number of hydrogen-bond donors (Lipinski definition) is 2. The molecule has 88 heavy (non-hydrogen) atoms. The molecule has 0 saturated carbocycles. The van der Waals surface area contributed by atoms with Crippen molar-refractivity contribution in [3.63, 3.8) is 0 Å². The van der Waals surface area contributed by atoms with Crippen molar-refractivity contribution < 1.29 is 37.3 Å². The van der Waals surface area contributed by atoms with Gasteiger partial charge in [-0.15, -0.1) is 0 Å². The van der Waals surface area contributed by atoms with Crippen molar-refractivity contribution >= 4 is 19.7 Å². The Bertz CT molecular complexity index is 1830. The van der Waals surface area contributed by atoms with Crippen molar-refractivity contribution in [1.82, 2.24) is 5.32 Å². The zero-order valence-corrected chi connectivity index (χ0v) is 59.3. The predicted molar refractivity (Wildman–Crippen MR) is 383 cm³/mol. The zero-order chi connectivity index (χ0) is 64.2. The molecule has 0 spiro atoms. The van der Waals surface area contributed by atoms with Gasteiger partial charge in [0.05, 0.1) is 33.8 Å². The summed E-state index contributed by atoms with van der Waals surface area (Å²) in [5.74, 6) is -0.512. The molecule has 10 heteroatoms. The second-order valence-corrected chi connectivity index (χ2v) is 27.6. The van der Waals surface area contributed by atoms with Crippen LogP contribution in [0.4, 0.5) is 0 Å². The molecule has 2 N–H and O–H groups in total. The summed E-state index contributed by atoms with van der Waals surface area (Å²) >= 11 is 0. The van der Waals surface area contributed by atoms with Crippen LogP contribution >= 0.6 is 7.82 Å². The van der Waals surface area contributed by atoms with Gasteiger partial charge in [0.1, 0.15) is 19.3 Å². The van der Waals surface area contributed by atoms with E-state index in [4.69, 9.17) is 13.8 Å². The van der Waals surface area contributed by atoms with Crippen molar-refractivity contribution in [1.29, 1.82) is 0 Å². The van der Waals surface area contributed by atoms with Gasteiger partial charge in [0.2, 0.25) is 5.91 Å². The lowest BCUT2D eigenvalue weighted by atomic mass is 10.0. The van der Waals surface area contributed by atoms with Gasteiger partial charge in [-0.2, -0.15) is 0 Å². The SMILES string of the molecule is CCCCC/C=C\C/C=C\C/C=C\C/C=C\CCCCCCCCCC(=O)OC(/C=C\CCCCCCCCCCCC)C(COP(=O)(O)OCC[N+](C)(C)C)NC(=O)CCCCCCCCCCCCCCCC/C=C\C/C=C\C/C=C\CCCCC. The molecule has 1 amide bonds. The Morgan fingerprint density at radius 1 is 0.398 bits per heavy atom. The number of quaternary nitrogens is 1. The highest BCUT2D eigenvalue weighted by Crippen LogP contribution is 2.43. The van der Waals surface area contributed by atoms with E-state index in [-0.39, 0.29) is 31.5 Å². The highest BCUT2D eigenvalue weighted by atomic mass is 31.2. The normalized spacial score (nSPS) is 14.0. The average Bonchev–Trinajstić information content (AvgIpc) is 3.71. The molecule has 0 fully saturated rings. The molecule has 0 aliphatic rings. The standard InChI is InChI=1S/C78H141N2O7P/c1-7-10-13-16-19-22-25-28-30-32-34-36-38-39-40-41-43-44-46-48-50-52-55-58-61-64-67-70-77(81)79-75(74-86-88(83,84)85-73-72-80(4,5)6)76(69-66-63-60-57-54-27-24-21-18-15-12-9-3)87-78(82)71-68-65-62-59-56-53-51-49-47-45-42-37-35-33-31-29-26-23-20-17-14-11-8-2/h19-20,22-23,28-31,34-37,45,47,66,69,75-76H,7-18,21,24-27,32-33,38-44,46,48-65,67-68,70-74H2,1-6H3,(H-,79,81,83,84)/p+1/b22-19-,23-20-,30-28-,31-29-,36-34-,37-35-,47-45-,69-66-. The Morgan fingerprint density at radius 3 is 1.06 bits per heavy atom. The van der Waals surface area contributed by atoms with Crippen LogP contribution in [0.25, 0.3) is 0 Å². The van der Waals surface area contributed by atoms with Gasteiger partial charge < -0.3 is 19.4 Å². The number of phosphoric acid groups is 1. The van der Waals surface area contributed by atoms with Crippen LogP contribution in [-0.2, 0) is 27.9 Å². The van der Waals surface area contributed by atoms with Crippen LogP contribution in [0.3, 0.4) is 0 Å². The summed E-state index contributed by atoms with van der Waals surface area (Å²) in [5.41, 5.74) is 0. The molecule has 3 atom stereocenters. The van der Waals surface area contributed by atoms with Gasteiger partial charge >= 0.3 is 13.8 Å². The van der Waals surface area contributed by atoms with E-state index in [1.54, 1.807) is 0 Å². The zero-order valence-electron chi connectivity index (χ0n) is 58.5. The number of likely N-dealkylation sites (N-methyl/N-ethyl adjacent to an activating group) is 1. The van der Waals surface area contributed by atoms with Gasteiger partial charge in [0.15, 0.2) is 0 Å². The molecular weight excluding hydrogens is 1110 g/mol. The molecule has 3 unspecified atom stereocenters. The first-order valence-corrected chi connectivity index (χ1v) is 38.6. The fourth-order valence-corrected chi connectivity index (χ4v) is 11.3. The van der Waals surface area contributed by atoms with E-state index in [0.29, 0.717) is 17.4 Å². The van der Waals surface area contributed by atoms with Gasteiger partial charge in [0, 0.05) is 12.8 Å². The van der Waals surface area contributed by atoms with Crippen LogP contribution in [0.2, 0.25) is 0 Å². The van der Waals surface area contributed by atoms with Crippen molar-refractivity contribution in [3.05, 3.63) is 97.2 Å².